The summed E-state index contributed by atoms with van der Waals surface area (Å²) in [6.07, 6.45) is -4.65. The van der Waals surface area contributed by atoms with Gasteiger partial charge in [-0.1, -0.05) is 12.1 Å². The van der Waals surface area contributed by atoms with Crippen LogP contribution in [0.1, 0.15) is 21.7 Å². The molecule has 29 heavy (non-hydrogen) atoms. The van der Waals surface area contributed by atoms with Crippen molar-refractivity contribution in [2.75, 3.05) is 7.11 Å². The number of carbonyl (C=O) groups is 1. The van der Waals surface area contributed by atoms with Crippen LogP contribution in [0.15, 0.2) is 36.4 Å². The number of aryl methyl sites for hydroxylation is 1. The number of fused-ring (bicyclic) bond motifs is 3. The normalized spacial score (nSPS) is 11.9. The summed E-state index contributed by atoms with van der Waals surface area (Å²) < 4.78 is 45.5. The molecule has 0 aliphatic rings. The maximum absolute atomic E-state index is 13.1. The molecule has 0 fully saturated rings. The van der Waals surface area contributed by atoms with Gasteiger partial charge in [-0.25, -0.2) is 19.3 Å². The van der Waals surface area contributed by atoms with Crippen LogP contribution >= 0.6 is 0 Å². The van der Waals surface area contributed by atoms with Gasteiger partial charge in [-0.2, -0.15) is 13.2 Å². The van der Waals surface area contributed by atoms with Gasteiger partial charge in [-0.15, -0.1) is 5.10 Å². The molecule has 0 aliphatic heterocycles. The fourth-order valence-electron chi connectivity index (χ4n) is 3.09. The summed E-state index contributed by atoms with van der Waals surface area (Å²) in [6.45, 7) is 1.47. The van der Waals surface area contributed by atoms with Gasteiger partial charge in [-0.3, -0.25) is 0 Å². The Balaban J connectivity index is 2.06. The molecule has 3 aromatic heterocycles. The zero-order valence-corrected chi connectivity index (χ0v) is 15.2. The summed E-state index contributed by atoms with van der Waals surface area (Å²) in [5.41, 5.74) is -0.332. The van der Waals surface area contributed by atoms with Crippen molar-refractivity contribution in [1.29, 1.82) is 0 Å². The molecule has 1 N–H and O–H groups in total. The quantitative estimate of drug-likeness (QED) is 0.558. The number of methoxy groups -OCH3 is 1. The van der Waals surface area contributed by atoms with Gasteiger partial charge in [0.15, 0.2) is 17.0 Å². The Morgan fingerprint density at radius 2 is 1.93 bits per heavy atom. The van der Waals surface area contributed by atoms with Crippen LogP contribution in [-0.4, -0.2) is 37.8 Å². The highest BCUT2D eigenvalue weighted by atomic mass is 19.4. The molecule has 0 atom stereocenters. The number of nitrogens with zero attached hydrogens (tertiary/aromatic N) is 4. The van der Waals surface area contributed by atoms with Crippen LogP contribution in [0.25, 0.3) is 27.9 Å². The van der Waals surface area contributed by atoms with E-state index < -0.39 is 17.8 Å². The third-order valence-electron chi connectivity index (χ3n) is 4.42. The summed E-state index contributed by atoms with van der Waals surface area (Å²) in [5, 5.41) is 13.9. The number of carboxylic acids is 1. The number of rotatable bonds is 3. The van der Waals surface area contributed by atoms with Crippen LogP contribution in [0.5, 0.6) is 5.75 Å². The average Bonchev–Trinajstić information content (AvgIpc) is 3.05. The van der Waals surface area contributed by atoms with E-state index in [1.807, 2.05) is 0 Å². The standard InChI is InChI=1S/C19H13F3N4O3/c1-9-6-14(19(20,21)22)24-16-15(9)17-23-12(8-13(18(27)28)26(17)25-16)10-4-3-5-11(7-10)29-2/h3-8H,1-2H3,(H,27,28). The SMILES string of the molecule is COc1cccc(-c2cc(C(=O)O)n3nc4nc(C(F)(F)F)cc(C)c4c3n2)c1. The van der Waals surface area contributed by atoms with Gasteiger partial charge >= 0.3 is 12.1 Å². The van der Waals surface area contributed by atoms with Crippen molar-refractivity contribution in [3.63, 3.8) is 0 Å². The molecular formula is C19H13F3N4O3. The highest BCUT2D eigenvalue weighted by Gasteiger charge is 2.34. The number of hydrogen-bond acceptors (Lipinski definition) is 5. The van der Waals surface area contributed by atoms with Crippen molar-refractivity contribution in [2.24, 2.45) is 0 Å². The molecule has 4 rings (SSSR count). The summed E-state index contributed by atoms with van der Waals surface area (Å²) >= 11 is 0. The first-order valence-electron chi connectivity index (χ1n) is 8.35. The Morgan fingerprint density at radius 1 is 1.17 bits per heavy atom. The molecule has 0 saturated heterocycles. The van der Waals surface area contributed by atoms with E-state index in [2.05, 4.69) is 15.1 Å². The highest BCUT2D eigenvalue weighted by molar-refractivity contribution is 5.96. The van der Waals surface area contributed by atoms with E-state index in [1.54, 1.807) is 24.3 Å². The fraction of sp³-hybridized carbons (Fsp3) is 0.158. The largest absolute Gasteiger partial charge is 0.497 e. The van der Waals surface area contributed by atoms with Crippen LogP contribution in [0.3, 0.4) is 0 Å². The second-order valence-electron chi connectivity index (χ2n) is 6.32. The number of aromatic carboxylic acids is 1. The minimum Gasteiger partial charge on any atom is -0.497 e. The van der Waals surface area contributed by atoms with E-state index in [4.69, 9.17) is 4.74 Å². The van der Waals surface area contributed by atoms with E-state index in [0.29, 0.717) is 17.0 Å². The molecule has 0 radical (unpaired) electrons. The van der Waals surface area contributed by atoms with Gasteiger partial charge in [0, 0.05) is 5.56 Å². The first kappa shape index (κ1) is 18.7. The van der Waals surface area contributed by atoms with E-state index in [-0.39, 0.29) is 27.9 Å². The van der Waals surface area contributed by atoms with Crippen LogP contribution < -0.4 is 4.74 Å². The zero-order chi connectivity index (χ0) is 20.9. The van der Waals surface area contributed by atoms with Gasteiger partial charge in [0.1, 0.15) is 11.4 Å². The minimum absolute atomic E-state index is 0.108. The lowest BCUT2D eigenvalue weighted by atomic mass is 10.1. The Morgan fingerprint density at radius 3 is 2.59 bits per heavy atom. The molecule has 0 unspecified atom stereocenters. The van der Waals surface area contributed by atoms with Gasteiger partial charge in [-0.05, 0) is 36.8 Å². The second-order valence-corrected chi connectivity index (χ2v) is 6.32. The summed E-state index contributed by atoms with van der Waals surface area (Å²) in [4.78, 5) is 19.8. The average molecular weight is 402 g/mol. The smallest absolute Gasteiger partial charge is 0.433 e. The number of alkyl halides is 3. The Bertz CT molecular complexity index is 1280. The van der Waals surface area contributed by atoms with Crippen molar-refractivity contribution in [1.82, 2.24) is 19.6 Å². The van der Waals surface area contributed by atoms with Crippen LogP contribution in [0.4, 0.5) is 13.2 Å². The van der Waals surface area contributed by atoms with Crippen molar-refractivity contribution in [3.8, 4) is 17.0 Å². The molecule has 7 nitrogen and oxygen atoms in total. The van der Waals surface area contributed by atoms with E-state index in [0.717, 1.165) is 10.6 Å². The monoisotopic (exact) mass is 402 g/mol. The number of aromatic nitrogens is 4. The summed E-state index contributed by atoms with van der Waals surface area (Å²) in [5.74, 6) is -0.755. The Hall–Kier alpha value is -3.69. The van der Waals surface area contributed by atoms with E-state index in [1.165, 1.54) is 20.1 Å². The van der Waals surface area contributed by atoms with E-state index >= 15 is 0 Å². The molecule has 1 aromatic carbocycles. The number of hydrogen-bond donors (Lipinski definition) is 1. The van der Waals surface area contributed by atoms with E-state index in [9.17, 15) is 23.1 Å². The molecule has 3 heterocycles. The van der Waals surface area contributed by atoms with Crippen LogP contribution in [-0.2, 0) is 6.18 Å². The van der Waals surface area contributed by atoms with Crippen molar-refractivity contribution in [2.45, 2.75) is 13.1 Å². The second kappa shape index (κ2) is 6.43. The highest BCUT2D eigenvalue weighted by Crippen LogP contribution is 2.33. The lowest BCUT2D eigenvalue weighted by Gasteiger charge is -2.08. The third-order valence-corrected chi connectivity index (χ3v) is 4.42. The lowest BCUT2D eigenvalue weighted by molar-refractivity contribution is -0.141. The molecule has 4 aromatic rings. The maximum atomic E-state index is 13.1. The third kappa shape index (κ3) is 3.12. The van der Waals surface area contributed by atoms with Crippen molar-refractivity contribution < 1.29 is 27.8 Å². The predicted octanol–water partition coefficient (Wildman–Crippen LogP) is 3.98. The van der Waals surface area contributed by atoms with Gasteiger partial charge in [0.05, 0.1) is 18.2 Å². The summed E-state index contributed by atoms with van der Waals surface area (Å²) in [6, 6.07) is 9.03. The topological polar surface area (TPSA) is 89.6 Å². The lowest BCUT2D eigenvalue weighted by Crippen LogP contribution is -2.08. The van der Waals surface area contributed by atoms with Gasteiger partial charge in [0.25, 0.3) is 0 Å². The number of ether oxygens (including phenoxy) is 1. The number of carboxylic acid groups (broad SMARTS) is 1. The van der Waals surface area contributed by atoms with Gasteiger partial charge in [0.2, 0.25) is 0 Å². The molecular weight excluding hydrogens is 389 g/mol. The number of halogens is 3. The van der Waals surface area contributed by atoms with Crippen LogP contribution in [0.2, 0.25) is 0 Å². The molecule has 0 spiro atoms. The maximum Gasteiger partial charge on any atom is 0.433 e. The molecule has 148 valence electrons. The number of pyridine rings is 1. The zero-order valence-electron chi connectivity index (χ0n) is 15.2. The first-order chi connectivity index (χ1) is 13.7. The minimum atomic E-state index is -4.65. The molecule has 0 saturated carbocycles. The molecule has 0 amide bonds. The number of benzene rings is 1. The Kier molecular flexibility index (Phi) is 4.14. The summed E-state index contributed by atoms with van der Waals surface area (Å²) in [7, 11) is 1.50. The Labute approximate surface area is 161 Å². The molecule has 0 aliphatic carbocycles. The molecule has 0 bridgehead atoms. The van der Waals surface area contributed by atoms with Crippen LogP contribution in [0, 0.1) is 6.92 Å². The van der Waals surface area contributed by atoms with Crippen molar-refractivity contribution in [3.05, 3.63) is 53.3 Å². The molecule has 10 heteroatoms. The van der Waals surface area contributed by atoms with Crippen molar-refractivity contribution >= 4 is 22.6 Å². The first-order valence-corrected chi connectivity index (χ1v) is 8.35. The van der Waals surface area contributed by atoms with Gasteiger partial charge < -0.3 is 9.84 Å². The fourth-order valence-corrected chi connectivity index (χ4v) is 3.09. The predicted molar refractivity (Wildman–Crippen MR) is 97.0 cm³/mol.